The predicted molar refractivity (Wildman–Crippen MR) is 91.4 cm³/mol. The van der Waals surface area contributed by atoms with Crippen molar-refractivity contribution in [1.29, 1.82) is 0 Å². The number of anilines is 1. The van der Waals surface area contributed by atoms with Crippen molar-refractivity contribution < 1.29 is 9.32 Å². The SMILES string of the molecule is CC(NC(=O)Cc1ccc(N)cc1)c1nc(C(C)(C)C)no1.Cl. The highest BCUT2D eigenvalue weighted by atomic mass is 35.5. The molecule has 1 amide bonds. The number of nitrogens with zero attached hydrogens (tertiary/aromatic N) is 2. The Balaban J connectivity index is 0.00000264. The minimum absolute atomic E-state index is 0. The molecule has 0 aliphatic heterocycles. The van der Waals surface area contributed by atoms with Crippen LogP contribution in [0.15, 0.2) is 28.8 Å². The molecule has 0 saturated heterocycles. The fourth-order valence-corrected chi connectivity index (χ4v) is 1.89. The number of amides is 1. The molecule has 1 unspecified atom stereocenters. The maximum absolute atomic E-state index is 12.1. The van der Waals surface area contributed by atoms with Gasteiger partial charge < -0.3 is 15.6 Å². The molecule has 1 aromatic heterocycles. The van der Waals surface area contributed by atoms with Gasteiger partial charge >= 0.3 is 0 Å². The van der Waals surface area contributed by atoms with Gasteiger partial charge in [0.1, 0.15) is 6.04 Å². The van der Waals surface area contributed by atoms with Crippen LogP contribution in [0.25, 0.3) is 0 Å². The van der Waals surface area contributed by atoms with Gasteiger partial charge in [0.05, 0.1) is 6.42 Å². The van der Waals surface area contributed by atoms with Crippen LogP contribution in [0.2, 0.25) is 0 Å². The van der Waals surface area contributed by atoms with Crippen molar-refractivity contribution in [2.45, 2.75) is 45.6 Å². The van der Waals surface area contributed by atoms with E-state index >= 15 is 0 Å². The zero-order valence-electron chi connectivity index (χ0n) is 13.8. The number of nitrogens with one attached hydrogen (secondary N) is 1. The highest BCUT2D eigenvalue weighted by molar-refractivity contribution is 5.85. The minimum Gasteiger partial charge on any atom is -0.399 e. The first kappa shape index (κ1) is 19.0. The van der Waals surface area contributed by atoms with E-state index in [-0.39, 0.29) is 36.2 Å². The van der Waals surface area contributed by atoms with Gasteiger partial charge in [0.2, 0.25) is 11.8 Å². The maximum Gasteiger partial charge on any atom is 0.248 e. The summed E-state index contributed by atoms with van der Waals surface area (Å²) in [7, 11) is 0. The van der Waals surface area contributed by atoms with Crippen molar-refractivity contribution in [2.75, 3.05) is 5.73 Å². The van der Waals surface area contributed by atoms with E-state index in [1.165, 1.54) is 0 Å². The molecule has 7 heteroatoms. The molecule has 0 spiro atoms. The lowest BCUT2D eigenvalue weighted by Gasteiger charge is -2.12. The van der Waals surface area contributed by atoms with Crippen molar-refractivity contribution in [2.24, 2.45) is 0 Å². The van der Waals surface area contributed by atoms with Gasteiger partial charge in [0.25, 0.3) is 0 Å². The molecule has 0 fully saturated rings. The molecule has 126 valence electrons. The van der Waals surface area contributed by atoms with Gasteiger partial charge in [-0.3, -0.25) is 4.79 Å². The molecule has 1 atom stereocenters. The lowest BCUT2D eigenvalue weighted by Crippen LogP contribution is -2.28. The fraction of sp³-hybridized carbons (Fsp3) is 0.438. The number of benzene rings is 1. The Morgan fingerprint density at radius 1 is 1.30 bits per heavy atom. The molecule has 0 radical (unpaired) electrons. The molecule has 1 heterocycles. The Hall–Kier alpha value is -2.08. The molecule has 0 aliphatic carbocycles. The summed E-state index contributed by atoms with van der Waals surface area (Å²) in [5.41, 5.74) is 7.02. The Bertz CT molecular complexity index is 647. The Labute approximate surface area is 142 Å². The number of halogens is 1. The number of nitrogens with two attached hydrogens (primary N) is 1. The Morgan fingerprint density at radius 2 is 1.91 bits per heavy atom. The third-order valence-corrected chi connectivity index (χ3v) is 3.20. The van der Waals surface area contributed by atoms with E-state index in [9.17, 15) is 4.79 Å². The minimum atomic E-state index is -0.329. The summed E-state index contributed by atoms with van der Waals surface area (Å²) >= 11 is 0. The van der Waals surface area contributed by atoms with Gasteiger partial charge in [-0.2, -0.15) is 4.98 Å². The van der Waals surface area contributed by atoms with Crippen LogP contribution in [0.3, 0.4) is 0 Å². The molecule has 2 aromatic rings. The molecular weight excluding hydrogens is 316 g/mol. The van der Waals surface area contributed by atoms with Gasteiger partial charge in [-0.1, -0.05) is 38.1 Å². The average molecular weight is 339 g/mol. The molecule has 3 N–H and O–H groups in total. The molecule has 0 saturated carbocycles. The van der Waals surface area contributed by atoms with Gasteiger partial charge in [0.15, 0.2) is 5.82 Å². The quantitative estimate of drug-likeness (QED) is 0.836. The van der Waals surface area contributed by atoms with Crippen molar-refractivity contribution in [3.05, 3.63) is 41.5 Å². The van der Waals surface area contributed by atoms with Crippen LogP contribution < -0.4 is 11.1 Å². The van der Waals surface area contributed by atoms with Crippen molar-refractivity contribution in [3.8, 4) is 0 Å². The van der Waals surface area contributed by atoms with Crippen LogP contribution in [0.5, 0.6) is 0 Å². The highest BCUT2D eigenvalue weighted by Crippen LogP contribution is 2.20. The number of carbonyl (C=O) groups excluding carboxylic acids is 1. The number of rotatable bonds is 4. The fourth-order valence-electron chi connectivity index (χ4n) is 1.89. The lowest BCUT2D eigenvalue weighted by molar-refractivity contribution is -0.121. The zero-order chi connectivity index (χ0) is 16.3. The molecule has 23 heavy (non-hydrogen) atoms. The number of carbonyl (C=O) groups is 1. The second-order valence-electron chi connectivity index (χ2n) is 6.41. The van der Waals surface area contributed by atoms with Crippen LogP contribution in [0.1, 0.15) is 51.0 Å². The van der Waals surface area contributed by atoms with Crippen molar-refractivity contribution in [3.63, 3.8) is 0 Å². The second kappa shape index (κ2) is 7.46. The summed E-state index contributed by atoms with van der Waals surface area (Å²) in [6.07, 6.45) is 0.283. The van der Waals surface area contributed by atoms with Gasteiger partial charge in [-0.15, -0.1) is 12.4 Å². The maximum atomic E-state index is 12.1. The molecular formula is C16H23ClN4O2. The normalized spacial score (nSPS) is 12.3. The summed E-state index contributed by atoms with van der Waals surface area (Å²) in [6, 6.07) is 6.90. The molecule has 1 aromatic carbocycles. The van der Waals surface area contributed by atoms with E-state index in [2.05, 4.69) is 15.5 Å². The first-order valence-corrected chi connectivity index (χ1v) is 7.23. The second-order valence-corrected chi connectivity index (χ2v) is 6.41. The van der Waals surface area contributed by atoms with E-state index in [1.807, 2.05) is 39.8 Å². The zero-order valence-corrected chi connectivity index (χ0v) is 14.6. The number of nitrogen functional groups attached to an aromatic ring is 1. The molecule has 0 bridgehead atoms. The third-order valence-electron chi connectivity index (χ3n) is 3.20. The van der Waals surface area contributed by atoms with E-state index < -0.39 is 0 Å². The summed E-state index contributed by atoms with van der Waals surface area (Å²) in [6.45, 7) is 7.84. The first-order chi connectivity index (χ1) is 10.3. The van der Waals surface area contributed by atoms with E-state index in [1.54, 1.807) is 12.1 Å². The predicted octanol–water partition coefficient (Wildman–Crippen LogP) is 2.79. The number of hydrogen-bond acceptors (Lipinski definition) is 5. The topological polar surface area (TPSA) is 94.0 Å². The molecule has 0 aliphatic rings. The third kappa shape index (κ3) is 5.25. The summed E-state index contributed by atoms with van der Waals surface area (Å²) in [5, 5.41) is 6.82. The lowest BCUT2D eigenvalue weighted by atomic mass is 9.96. The smallest absolute Gasteiger partial charge is 0.248 e. The largest absolute Gasteiger partial charge is 0.399 e. The molecule has 6 nitrogen and oxygen atoms in total. The van der Waals surface area contributed by atoms with E-state index in [4.69, 9.17) is 10.3 Å². The summed E-state index contributed by atoms with van der Waals surface area (Å²) in [5.74, 6) is 0.936. The summed E-state index contributed by atoms with van der Waals surface area (Å²) < 4.78 is 5.23. The monoisotopic (exact) mass is 338 g/mol. The van der Waals surface area contributed by atoms with Crippen molar-refractivity contribution >= 4 is 24.0 Å². The first-order valence-electron chi connectivity index (χ1n) is 7.23. The van der Waals surface area contributed by atoms with Crippen LogP contribution in [-0.4, -0.2) is 16.0 Å². The highest BCUT2D eigenvalue weighted by Gasteiger charge is 2.23. The van der Waals surface area contributed by atoms with Crippen LogP contribution >= 0.6 is 12.4 Å². The van der Waals surface area contributed by atoms with Gasteiger partial charge in [-0.25, -0.2) is 0 Å². The van der Waals surface area contributed by atoms with Gasteiger partial charge in [-0.05, 0) is 24.6 Å². The van der Waals surface area contributed by atoms with Crippen LogP contribution in [0.4, 0.5) is 5.69 Å². The van der Waals surface area contributed by atoms with Crippen LogP contribution in [0, 0.1) is 0 Å². The average Bonchev–Trinajstić information content (AvgIpc) is 2.91. The van der Waals surface area contributed by atoms with Crippen molar-refractivity contribution in [1.82, 2.24) is 15.5 Å². The Morgan fingerprint density at radius 3 is 2.43 bits per heavy atom. The van der Waals surface area contributed by atoms with Crippen LogP contribution in [-0.2, 0) is 16.6 Å². The Kier molecular flexibility index (Phi) is 6.15. The standard InChI is InChI=1S/C16H22N4O2.ClH/c1-10(14-19-15(20-22-14)16(2,3)4)18-13(21)9-11-5-7-12(17)8-6-11;/h5-8,10H,9,17H2,1-4H3,(H,18,21);1H. The molecule has 2 rings (SSSR count). The van der Waals surface area contributed by atoms with Gasteiger partial charge in [0, 0.05) is 11.1 Å². The summed E-state index contributed by atoms with van der Waals surface area (Å²) in [4.78, 5) is 16.4. The number of hydrogen-bond donors (Lipinski definition) is 2. The van der Waals surface area contributed by atoms with E-state index in [0.29, 0.717) is 17.4 Å². The van der Waals surface area contributed by atoms with E-state index in [0.717, 1.165) is 5.56 Å². The number of aromatic nitrogens is 2.